The molecule has 0 aromatic heterocycles. The second kappa shape index (κ2) is 6.73. The molecule has 1 aliphatic heterocycles. The molecule has 0 N–H and O–H groups in total. The average molecular weight is 305 g/mol. The molecule has 1 saturated carbocycles. The number of nitrogens with zero attached hydrogens (tertiary/aromatic N) is 1. The first-order valence-electron chi connectivity index (χ1n) is 7.45. The minimum absolute atomic E-state index is 0.159. The first-order chi connectivity index (χ1) is 9.39. The highest BCUT2D eigenvalue weighted by molar-refractivity contribution is 7.90. The number of rotatable bonds is 5. The third kappa shape index (κ3) is 4.41. The van der Waals surface area contributed by atoms with Crippen molar-refractivity contribution in [1.82, 2.24) is 4.90 Å². The maximum Gasteiger partial charge on any atom is 0.147 e. The Balaban J connectivity index is 1.95. The maximum absolute atomic E-state index is 11.4. The summed E-state index contributed by atoms with van der Waals surface area (Å²) in [6.45, 7) is 4.49. The van der Waals surface area contributed by atoms with E-state index in [1.54, 1.807) is 7.11 Å². The van der Waals surface area contributed by atoms with Crippen molar-refractivity contribution < 1.29 is 17.9 Å². The van der Waals surface area contributed by atoms with Crippen LogP contribution in [0.4, 0.5) is 0 Å². The van der Waals surface area contributed by atoms with Gasteiger partial charge in [0.25, 0.3) is 0 Å². The fourth-order valence-electron chi connectivity index (χ4n) is 3.56. The van der Waals surface area contributed by atoms with Crippen molar-refractivity contribution in [2.24, 2.45) is 5.92 Å². The Bertz CT molecular complexity index is 411. The third-order valence-corrected chi connectivity index (χ3v) is 5.53. The smallest absolute Gasteiger partial charge is 0.147 e. The van der Waals surface area contributed by atoms with Crippen LogP contribution in [-0.4, -0.2) is 70.4 Å². The van der Waals surface area contributed by atoms with Crippen molar-refractivity contribution in [2.45, 2.75) is 44.4 Å². The van der Waals surface area contributed by atoms with Crippen LogP contribution in [0.1, 0.15) is 26.2 Å². The van der Waals surface area contributed by atoms with Gasteiger partial charge in [-0.3, -0.25) is 4.90 Å². The summed E-state index contributed by atoms with van der Waals surface area (Å²) < 4.78 is 34.2. The van der Waals surface area contributed by atoms with Gasteiger partial charge >= 0.3 is 0 Å². The van der Waals surface area contributed by atoms with Crippen LogP contribution in [0.2, 0.25) is 0 Å². The van der Waals surface area contributed by atoms with Crippen molar-refractivity contribution in [1.29, 1.82) is 0 Å². The fourth-order valence-corrected chi connectivity index (χ4v) is 4.70. The quantitative estimate of drug-likeness (QED) is 0.756. The van der Waals surface area contributed by atoms with E-state index in [9.17, 15) is 8.42 Å². The molecule has 4 atom stereocenters. The summed E-state index contributed by atoms with van der Waals surface area (Å²) in [7, 11) is -1.13. The van der Waals surface area contributed by atoms with Gasteiger partial charge in [-0.05, 0) is 25.2 Å². The molecule has 2 rings (SSSR count). The van der Waals surface area contributed by atoms with E-state index >= 15 is 0 Å². The van der Waals surface area contributed by atoms with Gasteiger partial charge in [-0.25, -0.2) is 8.42 Å². The molecule has 20 heavy (non-hydrogen) atoms. The number of fused-ring (bicyclic) bond motifs is 1. The molecular weight excluding hydrogens is 278 g/mol. The van der Waals surface area contributed by atoms with Gasteiger partial charge in [0.2, 0.25) is 0 Å². The summed E-state index contributed by atoms with van der Waals surface area (Å²) in [4.78, 5) is 2.41. The van der Waals surface area contributed by atoms with Gasteiger partial charge in [0.05, 0.1) is 24.6 Å². The summed E-state index contributed by atoms with van der Waals surface area (Å²) in [5.74, 6) is 0.418. The number of ether oxygens (including phenoxy) is 2. The molecular formula is C14H27NO4S. The summed E-state index contributed by atoms with van der Waals surface area (Å²) in [5.41, 5.74) is 0. The highest BCUT2D eigenvalue weighted by Crippen LogP contribution is 2.30. The minimum atomic E-state index is -2.90. The van der Waals surface area contributed by atoms with Crippen LogP contribution < -0.4 is 0 Å². The Morgan fingerprint density at radius 3 is 2.80 bits per heavy atom. The Morgan fingerprint density at radius 1 is 1.40 bits per heavy atom. The zero-order valence-electron chi connectivity index (χ0n) is 12.7. The molecule has 2 aliphatic rings. The van der Waals surface area contributed by atoms with Crippen LogP contribution in [0, 0.1) is 5.92 Å². The lowest BCUT2D eigenvalue weighted by Crippen LogP contribution is -2.56. The minimum Gasteiger partial charge on any atom is -0.381 e. The maximum atomic E-state index is 11.4. The molecule has 5 nitrogen and oxygen atoms in total. The molecule has 2 fully saturated rings. The first kappa shape index (κ1) is 16.2. The van der Waals surface area contributed by atoms with Gasteiger partial charge in [-0.15, -0.1) is 0 Å². The van der Waals surface area contributed by atoms with Crippen molar-refractivity contribution in [3.8, 4) is 0 Å². The predicted octanol–water partition coefficient (Wildman–Crippen LogP) is 0.935. The number of morpholine rings is 1. The largest absolute Gasteiger partial charge is 0.381 e. The van der Waals surface area contributed by atoms with Crippen LogP contribution in [0.25, 0.3) is 0 Å². The summed E-state index contributed by atoms with van der Waals surface area (Å²) in [6, 6.07) is 0.379. The zero-order valence-corrected chi connectivity index (χ0v) is 13.6. The molecule has 6 heteroatoms. The van der Waals surface area contributed by atoms with Crippen molar-refractivity contribution in [3.05, 3.63) is 0 Å². The summed E-state index contributed by atoms with van der Waals surface area (Å²) >= 11 is 0. The van der Waals surface area contributed by atoms with Gasteiger partial charge < -0.3 is 9.47 Å². The topological polar surface area (TPSA) is 55.8 Å². The molecule has 0 bridgehead atoms. The second-order valence-corrected chi connectivity index (χ2v) is 8.52. The van der Waals surface area contributed by atoms with Gasteiger partial charge in [0.1, 0.15) is 9.84 Å². The van der Waals surface area contributed by atoms with Crippen LogP contribution in [0.3, 0.4) is 0 Å². The SMILES string of the molecule is COC1CCC2OCCN(CC(C)CS(C)(=O)=O)C2C1. The molecule has 0 radical (unpaired) electrons. The summed E-state index contributed by atoms with van der Waals surface area (Å²) in [5, 5.41) is 0. The molecule has 0 amide bonds. The fraction of sp³-hybridized carbons (Fsp3) is 1.00. The number of methoxy groups -OCH3 is 1. The van der Waals surface area contributed by atoms with Gasteiger partial charge in [-0.2, -0.15) is 0 Å². The first-order valence-corrected chi connectivity index (χ1v) is 9.51. The predicted molar refractivity (Wildman–Crippen MR) is 78.6 cm³/mol. The Labute approximate surface area is 122 Å². The molecule has 1 heterocycles. The third-order valence-electron chi connectivity index (χ3n) is 4.35. The van der Waals surface area contributed by atoms with Crippen LogP contribution >= 0.6 is 0 Å². The van der Waals surface area contributed by atoms with E-state index in [1.807, 2.05) is 6.92 Å². The average Bonchev–Trinajstić information content (AvgIpc) is 2.36. The summed E-state index contributed by atoms with van der Waals surface area (Å²) in [6.07, 6.45) is 5.01. The number of hydrogen-bond acceptors (Lipinski definition) is 5. The molecule has 118 valence electrons. The van der Waals surface area contributed by atoms with E-state index in [0.717, 1.165) is 39.0 Å². The van der Waals surface area contributed by atoms with Crippen LogP contribution in [0.15, 0.2) is 0 Å². The van der Waals surface area contributed by atoms with Crippen molar-refractivity contribution >= 4 is 9.84 Å². The number of hydrogen-bond donors (Lipinski definition) is 0. The second-order valence-electron chi connectivity index (χ2n) is 6.34. The van der Waals surface area contributed by atoms with E-state index in [0.29, 0.717) is 18.2 Å². The molecule has 4 unspecified atom stereocenters. The molecule has 0 aromatic carbocycles. The zero-order chi connectivity index (χ0) is 14.8. The monoisotopic (exact) mass is 305 g/mol. The molecule has 1 aliphatic carbocycles. The van der Waals surface area contributed by atoms with Crippen LogP contribution in [-0.2, 0) is 19.3 Å². The highest BCUT2D eigenvalue weighted by atomic mass is 32.2. The van der Waals surface area contributed by atoms with Gasteiger partial charge in [-0.1, -0.05) is 6.92 Å². The van der Waals surface area contributed by atoms with E-state index in [-0.39, 0.29) is 11.7 Å². The highest BCUT2D eigenvalue weighted by Gasteiger charge is 2.38. The number of sulfone groups is 1. The van der Waals surface area contributed by atoms with E-state index < -0.39 is 9.84 Å². The lowest BCUT2D eigenvalue weighted by molar-refractivity contribution is -0.115. The lowest BCUT2D eigenvalue weighted by Gasteiger charge is -2.46. The normalized spacial score (nSPS) is 33.6. The van der Waals surface area contributed by atoms with Gasteiger partial charge in [0.15, 0.2) is 0 Å². The van der Waals surface area contributed by atoms with Crippen LogP contribution in [0.5, 0.6) is 0 Å². The van der Waals surface area contributed by atoms with E-state index in [1.165, 1.54) is 6.26 Å². The Morgan fingerprint density at radius 2 is 2.15 bits per heavy atom. The Kier molecular flexibility index (Phi) is 5.45. The van der Waals surface area contributed by atoms with Crippen molar-refractivity contribution in [3.63, 3.8) is 0 Å². The van der Waals surface area contributed by atoms with Crippen molar-refractivity contribution in [2.75, 3.05) is 38.8 Å². The van der Waals surface area contributed by atoms with E-state index in [2.05, 4.69) is 4.90 Å². The van der Waals surface area contributed by atoms with Gasteiger partial charge in [0, 0.05) is 32.5 Å². The lowest BCUT2D eigenvalue weighted by atomic mass is 9.87. The van der Waals surface area contributed by atoms with E-state index in [4.69, 9.17) is 9.47 Å². The standard InChI is InChI=1S/C14H27NO4S/c1-11(10-20(3,16)17)9-15-6-7-19-14-5-4-12(18-2)8-13(14)15/h11-14H,4-10H2,1-3H3. The Hall–Kier alpha value is -0.170. The molecule has 0 spiro atoms. The molecule has 1 saturated heterocycles. The molecule has 0 aromatic rings.